The molecule has 0 aromatic carbocycles. The minimum absolute atomic E-state index is 0.101. The molecule has 0 saturated heterocycles. The number of nitrogens with zero attached hydrogens (tertiary/aromatic N) is 1. The minimum Gasteiger partial charge on any atom is -0.347 e. The zero-order valence-electron chi connectivity index (χ0n) is 9.57. The molecule has 0 fully saturated rings. The summed E-state index contributed by atoms with van der Waals surface area (Å²) in [5, 5.41) is 4.49. The molecule has 2 rings (SSSR count). The molecule has 19 heavy (non-hydrogen) atoms. The van der Waals surface area contributed by atoms with E-state index in [0.717, 1.165) is 23.2 Å². The van der Waals surface area contributed by atoms with Crippen LogP contribution >= 0.6 is 11.3 Å². The highest BCUT2D eigenvalue weighted by Gasteiger charge is 2.32. The molecule has 100 valence electrons. The van der Waals surface area contributed by atoms with E-state index in [4.69, 9.17) is 0 Å². The number of hydrogen-bond acceptors (Lipinski definition) is 3. The van der Waals surface area contributed by atoms with Crippen molar-refractivity contribution in [3.8, 4) is 0 Å². The average Bonchev–Trinajstić information content (AvgIpc) is 2.88. The molecular weight excluding hydrogens is 277 g/mol. The second-order valence-corrected chi connectivity index (χ2v) is 4.72. The molecule has 0 unspecified atom stereocenters. The van der Waals surface area contributed by atoms with E-state index in [2.05, 4.69) is 10.3 Å². The van der Waals surface area contributed by atoms with Crippen LogP contribution in [0.1, 0.15) is 20.9 Å². The summed E-state index contributed by atoms with van der Waals surface area (Å²) in [5.74, 6) is -0.449. The maximum atomic E-state index is 12.3. The van der Waals surface area contributed by atoms with E-state index >= 15 is 0 Å². The average molecular weight is 286 g/mol. The minimum atomic E-state index is -4.49. The van der Waals surface area contributed by atoms with Gasteiger partial charge in [-0.05, 0) is 23.6 Å². The Balaban J connectivity index is 2.00. The molecule has 1 N–H and O–H groups in total. The first-order chi connectivity index (χ1) is 8.97. The van der Waals surface area contributed by atoms with Crippen LogP contribution in [-0.4, -0.2) is 10.9 Å². The number of carbonyl (C=O) groups is 1. The van der Waals surface area contributed by atoms with Crippen molar-refractivity contribution in [2.24, 2.45) is 0 Å². The van der Waals surface area contributed by atoms with Crippen molar-refractivity contribution in [1.29, 1.82) is 0 Å². The summed E-state index contributed by atoms with van der Waals surface area (Å²) in [5.41, 5.74) is -0.910. The van der Waals surface area contributed by atoms with Gasteiger partial charge in [0.05, 0.1) is 12.1 Å². The maximum absolute atomic E-state index is 12.3. The number of halogens is 3. The first-order valence-corrected chi connectivity index (χ1v) is 6.18. The fraction of sp³-hybridized carbons (Fsp3) is 0.167. The summed E-state index contributed by atoms with van der Waals surface area (Å²) in [6.45, 7) is 0.345. The van der Waals surface area contributed by atoms with Gasteiger partial charge in [0, 0.05) is 11.1 Å². The van der Waals surface area contributed by atoms with Gasteiger partial charge in [-0.1, -0.05) is 6.07 Å². The van der Waals surface area contributed by atoms with Crippen molar-refractivity contribution >= 4 is 17.2 Å². The summed E-state index contributed by atoms with van der Waals surface area (Å²) >= 11 is 1.49. The topological polar surface area (TPSA) is 42.0 Å². The SMILES string of the molecule is O=C(NCc1cccs1)c1ccc(C(F)(F)F)nc1. The number of rotatable bonds is 3. The van der Waals surface area contributed by atoms with E-state index in [1.165, 1.54) is 11.3 Å². The van der Waals surface area contributed by atoms with Crippen LogP contribution in [0.25, 0.3) is 0 Å². The Kier molecular flexibility index (Phi) is 3.84. The van der Waals surface area contributed by atoms with Gasteiger partial charge in [0.25, 0.3) is 5.91 Å². The standard InChI is InChI=1S/C12H9F3N2OS/c13-12(14,15)10-4-3-8(6-16-10)11(18)17-7-9-2-1-5-19-9/h1-6H,7H2,(H,17,18). The number of amides is 1. The van der Waals surface area contributed by atoms with Crippen molar-refractivity contribution in [3.63, 3.8) is 0 Å². The molecule has 0 spiro atoms. The summed E-state index contributed by atoms with van der Waals surface area (Å²) in [6.07, 6.45) is -3.57. The van der Waals surface area contributed by atoms with Gasteiger partial charge in [0.1, 0.15) is 5.69 Å². The van der Waals surface area contributed by atoms with Gasteiger partial charge in [-0.3, -0.25) is 9.78 Å². The van der Waals surface area contributed by atoms with Crippen molar-refractivity contribution in [2.75, 3.05) is 0 Å². The van der Waals surface area contributed by atoms with Crippen molar-refractivity contribution in [2.45, 2.75) is 12.7 Å². The van der Waals surface area contributed by atoms with E-state index in [-0.39, 0.29) is 5.56 Å². The van der Waals surface area contributed by atoms with Gasteiger partial charge < -0.3 is 5.32 Å². The molecule has 0 aliphatic rings. The first-order valence-electron chi connectivity index (χ1n) is 5.30. The summed E-state index contributed by atoms with van der Waals surface area (Å²) < 4.78 is 36.9. The molecule has 0 saturated carbocycles. The zero-order valence-corrected chi connectivity index (χ0v) is 10.4. The molecule has 2 aromatic heterocycles. The summed E-state index contributed by atoms with van der Waals surface area (Å²) in [6, 6.07) is 5.61. The highest BCUT2D eigenvalue weighted by molar-refractivity contribution is 7.09. The Hall–Kier alpha value is -1.89. The third-order valence-electron chi connectivity index (χ3n) is 2.32. The molecule has 2 heterocycles. The smallest absolute Gasteiger partial charge is 0.347 e. The van der Waals surface area contributed by atoms with Gasteiger partial charge in [-0.15, -0.1) is 11.3 Å². The fourth-order valence-electron chi connectivity index (χ4n) is 1.38. The number of alkyl halides is 3. The number of hydrogen-bond donors (Lipinski definition) is 1. The van der Waals surface area contributed by atoms with Gasteiger partial charge in [0.2, 0.25) is 0 Å². The molecule has 0 radical (unpaired) electrons. The molecule has 0 atom stereocenters. The van der Waals surface area contributed by atoms with Gasteiger partial charge >= 0.3 is 6.18 Å². The van der Waals surface area contributed by atoms with Crippen LogP contribution in [0.5, 0.6) is 0 Å². The Morgan fingerprint density at radius 2 is 2.11 bits per heavy atom. The zero-order chi connectivity index (χ0) is 13.9. The Morgan fingerprint density at radius 3 is 2.63 bits per heavy atom. The third kappa shape index (κ3) is 3.54. The molecular formula is C12H9F3N2OS. The Bertz CT molecular complexity index is 549. The van der Waals surface area contributed by atoms with Gasteiger partial charge in [-0.25, -0.2) is 0 Å². The molecule has 3 nitrogen and oxygen atoms in total. The summed E-state index contributed by atoms with van der Waals surface area (Å²) in [4.78, 5) is 15.9. The molecule has 2 aromatic rings. The molecule has 1 amide bonds. The van der Waals surface area contributed by atoms with Crippen LogP contribution < -0.4 is 5.32 Å². The second-order valence-electron chi connectivity index (χ2n) is 3.69. The van der Waals surface area contributed by atoms with E-state index in [1.807, 2.05) is 17.5 Å². The number of pyridine rings is 1. The highest BCUT2D eigenvalue weighted by Crippen LogP contribution is 2.27. The largest absolute Gasteiger partial charge is 0.433 e. The molecule has 0 bridgehead atoms. The van der Waals surface area contributed by atoms with Crippen molar-refractivity contribution < 1.29 is 18.0 Å². The summed E-state index contributed by atoms with van der Waals surface area (Å²) in [7, 11) is 0. The lowest BCUT2D eigenvalue weighted by Crippen LogP contribution is -2.22. The Labute approximate surface area is 111 Å². The van der Waals surface area contributed by atoms with Crippen LogP contribution in [-0.2, 0) is 12.7 Å². The normalized spacial score (nSPS) is 11.3. The molecule has 7 heteroatoms. The lowest BCUT2D eigenvalue weighted by molar-refractivity contribution is -0.141. The van der Waals surface area contributed by atoms with Crippen LogP contribution in [0.15, 0.2) is 35.8 Å². The van der Waals surface area contributed by atoms with Crippen LogP contribution in [0.2, 0.25) is 0 Å². The first kappa shape index (κ1) is 13.5. The predicted octanol–water partition coefficient (Wildman–Crippen LogP) is 3.09. The van der Waals surface area contributed by atoms with E-state index in [9.17, 15) is 18.0 Å². The van der Waals surface area contributed by atoms with Crippen LogP contribution in [0.4, 0.5) is 13.2 Å². The number of carbonyl (C=O) groups excluding carboxylic acids is 1. The van der Waals surface area contributed by atoms with Crippen LogP contribution in [0, 0.1) is 0 Å². The van der Waals surface area contributed by atoms with E-state index in [0.29, 0.717) is 6.54 Å². The quantitative estimate of drug-likeness (QED) is 0.942. The second kappa shape index (κ2) is 5.40. The number of thiophene rings is 1. The molecule has 0 aliphatic heterocycles. The van der Waals surface area contributed by atoms with Gasteiger partial charge in [-0.2, -0.15) is 13.2 Å². The number of aromatic nitrogens is 1. The third-order valence-corrected chi connectivity index (χ3v) is 3.20. The monoisotopic (exact) mass is 286 g/mol. The number of nitrogens with one attached hydrogen (secondary N) is 1. The lowest BCUT2D eigenvalue weighted by atomic mass is 10.2. The van der Waals surface area contributed by atoms with Crippen molar-refractivity contribution in [1.82, 2.24) is 10.3 Å². The molecule has 0 aliphatic carbocycles. The van der Waals surface area contributed by atoms with Gasteiger partial charge in [0.15, 0.2) is 0 Å². The maximum Gasteiger partial charge on any atom is 0.433 e. The highest BCUT2D eigenvalue weighted by atomic mass is 32.1. The fourth-order valence-corrected chi connectivity index (χ4v) is 2.02. The Morgan fingerprint density at radius 1 is 1.32 bits per heavy atom. The van der Waals surface area contributed by atoms with Crippen LogP contribution in [0.3, 0.4) is 0 Å². The van der Waals surface area contributed by atoms with E-state index in [1.54, 1.807) is 0 Å². The van der Waals surface area contributed by atoms with Crippen molar-refractivity contribution in [3.05, 3.63) is 52.0 Å². The lowest BCUT2D eigenvalue weighted by Gasteiger charge is -2.07. The van der Waals surface area contributed by atoms with E-state index < -0.39 is 17.8 Å². The predicted molar refractivity (Wildman–Crippen MR) is 64.7 cm³/mol.